The average Bonchev–Trinajstić information content (AvgIpc) is 2.59. The number of nitrogens with one attached hydrogen (secondary N) is 1. The number of amides is 1. The Hall–Kier alpha value is -1.04. The number of rotatable bonds is 6. The van der Waals surface area contributed by atoms with E-state index in [1.807, 2.05) is 0 Å². The van der Waals surface area contributed by atoms with E-state index in [0.717, 1.165) is 0 Å². The van der Waals surface area contributed by atoms with Crippen molar-refractivity contribution in [3.05, 3.63) is 0 Å². The van der Waals surface area contributed by atoms with E-state index in [1.54, 1.807) is 0 Å². The van der Waals surface area contributed by atoms with Crippen molar-refractivity contribution < 1.29 is 19.5 Å². The van der Waals surface area contributed by atoms with E-state index in [9.17, 15) is 14.4 Å². The zero-order chi connectivity index (χ0) is 12.8. The van der Waals surface area contributed by atoms with Gasteiger partial charge in [0, 0.05) is 37.3 Å². The summed E-state index contributed by atoms with van der Waals surface area (Å²) < 4.78 is 0. The largest absolute Gasteiger partial charge is 0.481 e. The molecule has 5 nitrogen and oxygen atoms in total. The number of carboxylic acid groups (broad SMARTS) is 1. The number of hydrogen-bond acceptors (Lipinski definition) is 4. The van der Waals surface area contributed by atoms with Crippen LogP contribution in [0.25, 0.3) is 0 Å². The molecule has 0 aliphatic heterocycles. The SMILES string of the molecule is CC(=O)NCCSC[C@@H]1C(=O)CC[C@H]1C(=O)O. The molecule has 0 aromatic carbocycles. The normalized spacial score (nSPS) is 23.7. The van der Waals surface area contributed by atoms with Crippen LogP contribution in [-0.2, 0) is 14.4 Å². The van der Waals surface area contributed by atoms with Crippen molar-refractivity contribution in [3.8, 4) is 0 Å². The summed E-state index contributed by atoms with van der Waals surface area (Å²) in [6.07, 6.45) is 0.846. The number of carbonyl (C=O) groups is 3. The van der Waals surface area contributed by atoms with Crippen LogP contribution in [0.2, 0.25) is 0 Å². The number of hydrogen-bond donors (Lipinski definition) is 2. The summed E-state index contributed by atoms with van der Waals surface area (Å²) in [7, 11) is 0. The Kier molecular flexibility index (Phi) is 5.47. The van der Waals surface area contributed by atoms with E-state index in [2.05, 4.69) is 5.32 Å². The minimum Gasteiger partial charge on any atom is -0.481 e. The molecular formula is C11H17NO4S. The van der Waals surface area contributed by atoms with Crippen LogP contribution in [0.1, 0.15) is 19.8 Å². The minimum absolute atomic E-state index is 0.0597. The minimum atomic E-state index is -0.872. The number of carbonyl (C=O) groups excluding carboxylic acids is 2. The zero-order valence-electron chi connectivity index (χ0n) is 9.77. The first-order valence-electron chi connectivity index (χ1n) is 5.60. The highest BCUT2D eigenvalue weighted by Crippen LogP contribution is 2.31. The second-order valence-electron chi connectivity index (χ2n) is 4.11. The Morgan fingerprint density at radius 2 is 2.24 bits per heavy atom. The Morgan fingerprint density at radius 3 is 2.82 bits per heavy atom. The molecule has 1 aliphatic carbocycles. The summed E-state index contributed by atoms with van der Waals surface area (Å²) in [6, 6.07) is 0. The molecule has 2 N–H and O–H groups in total. The maximum Gasteiger partial charge on any atom is 0.307 e. The van der Waals surface area contributed by atoms with Crippen LogP contribution in [0.5, 0.6) is 0 Å². The number of aliphatic carboxylic acids is 1. The highest BCUT2D eigenvalue weighted by Gasteiger charge is 2.38. The van der Waals surface area contributed by atoms with Crippen LogP contribution >= 0.6 is 11.8 Å². The summed E-state index contributed by atoms with van der Waals surface area (Å²) in [5, 5.41) is 11.6. The molecule has 1 saturated carbocycles. The number of carboxylic acids is 1. The Balaban J connectivity index is 2.27. The third kappa shape index (κ3) is 4.38. The predicted octanol–water partition coefficient (Wildman–Crippen LogP) is 0.536. The first kappa shape index (κ1) is 14.0. The van der Waals surface area contributed by atoms with Gasteiger partial charge in [-0.05, 0) is 6.42 Å². The van der Waals surface area contributed by atoms with Crippen molar-refractivity contribution in [3.63, 3.8) is 0 Å². The fraction of sp³-hybridized carbons (Fsp3) is 0.727. The van der Waals surface area contributed by atoms with Gasteiger partial charge in [0.15, 0.2) is 0 Å². The Bertz CT molecular complexity index is 319. The smallest absolute Gasteiger partial charge is 0.307 e. The first-order valence-corrected chi connectivity index (χ1v) is 6.75. The predicted molar refractivity (Wildman–Crippen MR) is 64.9 cm³/mol. The number of Topliss-reactive ketones (excluding diaryl/α,β-unsaturated/α-hetero) is 1. The van der Waals surface area contributed by atoms with E-state index in [4.69, 9.17) is 5.11 Å². The van der Waals surface area contributed by atoms with E-state index < -0.39 is 11.9 Å². The van der Waals surface area contributed by atoms with Crippen molar-refractivity contribution >= 4 is 29.4 Å². The van der Waals surface area contributed by atoms with E-state index in [-0.39, 0.29) is 17.6 Å². The van der Waals surface area contributed by atoms with Gasteiger partial charge >= 0.3 is 5.97 Å². The fourth-order valence-electron chi connectivity index (χ4n) is 1.92. The first-order chi connectivity index (χ1) is 8.02. The maximum absolute atomic E-state index is 11.5. The molecule has 1 aliphatic rings. The quantitative estimate of drug-likeness (QED) is 0.680. The molecule has 0 aromatic heterocycles. The number of thioether (sulfide) groups is 1. The van der Waals surface area contributed by atoms with Crippen LogP contribution in [0, 0.1) is 11.8 Å². The summed E-state index contributed by atoms with van der Waals surface area (Å²) in [5.41, 5.74) is 0. The van der Waals surface area contributed by atoms with Crippen molar-refractivity contribution in [1.29, 1.82) is 0 Å². The van der Waals surface area contributed by atoms with Gasteiger partial charge in [0.25, 0.3) is 0 Å². The lowest BCUT2D eigenvalue weighted by Gasteiger charge is -2.13. The van der Waals surface area contributed by atoms with E-state index in [0.29, 0.717) is 30.9 Å². The molecule has 1 rings (SSSR count). The maximum atomic E-state index is 11.5. The summed E-state index contributed by atoms with van der Waals surface area (Å²) >= 11 is 1.52. The van der Waals surface area contributed by atoms with Gasteiger partial charge in [-0.15, -0.1) is 0 Å². The molecule has 6 heteroatoms. The molecule has 0 saturated heterocycles. The van der Waals surface area contributed by atoms with Crippen LogP contribution in [0.4, 0.5) is 0 Å². The molecule has 0 unspecified atom stereocenters. The molecule has 1 fully saturated rings. The molecular weight excluding hydrogens is 242 g/mol. The van der Waals surface area contributed by atoms with Crippen LogP contribution in [0.15, 0.2) is 0 Å². The topological polar surface area (TPSA) is 83.5 Å². The van der Waals surface area contributed by atoms with Gasteiger partial charge in [0.2, 0.25) is 5.91 Å². The van der Waals surface area contributed by atoms with Crippen LogP contribution < -0.4 is 5.32 Å². The van der Waals surface area contributed by atoms with E-state index in [1.165, 1.54) is 18.7 Å². The van der Waals surface area contributed by atoms with Crippen LogP contribution in [-0.4, -0.2) is 40.8 Å². The van der Waals surface area contributed by atoms with Crippen molar-refractivity contribution in [2.75, 3.05) is 18.1 Å². The number of ketones is 1. The van der Waals surface area contributed by atoms with Gasteiger partial charge in [-0.3, -0.25) is 14.4 Å². The van der Waals surface area contributed by atoms with Gasteiger partial charge in [-0.25, -0.2) is 0 Å². The molecule has 0 bridgehead atoms. The Morgan fingerprint density at radius 1 is 1.53 bits per heavy atom. The van der Waals surface area contributed by atoms with Crippen LogP contribution in [0.3, 0.4) is 0 Å². The van der Waals surface area contributed by atoms with Gasteiger partial charge in [-0.2, -0.15) is 11.8 Å². The third-order valence-corrected chi connectivity index (χ3v) is 3.92. The second-order valence-corrected chi connectivity index (χ2v) is 5.26. The third-order valence-electron chi connectivity index (χ3n) is 2.84. The molecule has 2 atom stereocenters. The molecule has 96 valence electrons. The summed E-state index contributed by atoms with van der Waals surface area (Å²) in [5.74, 6) is -0.519. The lowest BCUT2D eigenvalue weighted by atomic mass is 9.98. The van der Waals surface area contributed by atoms with Gasteiger partial charge < -0.3 is 10.4 Å². The molecule has 17 heavy (non-hydrogen) atoms. The monoisotopic (exact) mass is 259 g/mol. The lowest BCUT2D eigenvalue weighted by Crippen LogP contribution is -2.26. The fourth-order valence-corrected chi connectivity index (χ4v) is 3.01. The molecule has 0 radical (unpaired) electrons. The van der Waals surface area contributed by atoms with Gasteiger partial charge in [-0.1, -0.05) is 0 Å². The van der Waals surface area contributed by atoms with Crippen molar-refractivity contribution in [2.24, 2.45) is 11.8 Å². The van der Waals surface area contributed by atoms with Crippen molar-refractivity contribution in [2.45, 2.75) is 19.8 Å². The summed E-state index contributed by atoms with van der Waals surface area (Å²) in [4.78, 5) is 33.0. The summed E-state index contributed by atoms with van der Waals surface area (Å²) in [6.45, 7) is 2.00. The van der Waals surface area contributed by atoms with Crippen molar-refractivity contribution in [1.82, 2.24) is 5.32 Å². The standard InChI is InChI=1S/C11H17NO4S/c1-7(13)12-4-5-17-6-9-8(11(15)16)2-3-10(9)14/h8-9H,2-6H2,1H3,(H,12,13)(H,15,16)/t8-,9+/m1/s1. The Labute approximate surface area is 104 Å². The molecule has 0 spiro atoms. The lowest BCUT2D eigenvalue weighted by molar-refractivity contribution is -0.143. The average molecular weight is 259 g/mol. The highest BCUT2D eigenvalue weighted by molar-refractivity contribution is 7.99. The van der Waals surface area contributed by atoms with Gasteiger partial charge in [0.05, 0.1) is 5.92 Å². The molecule has 1 amide bonds. The highest BCUT2D eigenvalue weighted by atomic mass is 32.2. The molecule has 0 heterocycles. The molecule has 0 aromatic rings. The van der Waals surface area contributed by atoms with E-state index >= 15 is 0 Å². The zero-order valence-corrected chi connectivity index (χ0v) is 10.6. The van der Waals surface area contributed by atoms with Gasteiger partial charge in [0.1, 0.15) is 5.78 Å². The second kappa shape index (κ2) is 6.64.